The minimum Gasteiger partial charge on any atom is -0.444 e. The number of carbonyl (C=O) groups excluding carboxylic acids is 2. The van der Waals surface area contributed by atoms with E-state index in [1.165, 1.54) is 12.8 Å². The fraction of sp³-hybridized carbons (Fsp3) is 0.900. The molecule has 0 aromatic rings. The van der Waals surface area contributed by atoms with E-state index in [2.05, 4.69) is 24.1 Å². The molecule has 2 heterocycles. The van der Waals surface area contributed by atoms with E-state index in [0.29, 0.717) is 38.5 Å². The van der Waals surface area contributed by atoms with Crippen molar-refractivity contribution in [1.29, 1.82) is 0 Å². The Kier molecular flexibility index (Phi) is 7.33. The lowest BCUT2D eigenvalue weighted by Crippen LogP contribution is -2.49. The van der Waals surface area contributed by atoms with Crippen LogP contribution in [0.4, 0.5) is 4.79 Å². The van der Waals surface area contributed by atoms with Gasteiger partial charge in [0.05, 0.1) is 0 Å². The van der Waals surface area contributed by atoms with Crippen molar-refractivity contribution in [3.05, 3.63) is 0 Å². The first-order valence-corrected chi connectivity index (χ1v) is 10.2. The zero-order valence-corrected chi connectivity index (χ0v) is 17.2. The lowest BCUT2D eigenvalue weighted by atomic mass is 9.96. The van der Waals surface area contributed by atoms with Crippen molar-refractivity contribution in [3.8, 4) is 0 Å². The molecule has 150 valence electrons. The van der Waals surface area contributed by atoms with Gasteiger partial charge in [0.2, 0.25) is 5.91 Å². The maximum Gasteiger partial charge on any atom is 0.410 e. The van der Waals surface area contributed by atoms with E-state index in [-0.39, 0.29) is 17.9 Å². The molecule has 0 saturated carbocycles. The number of amides is 2. The first-order valence-electron chi connectivity index (χ1n) is 10.2. The molecule has 1 N–H and O–H groups in total. The van der Waals surface area contributed by atoms with Gasteiger partial charge in [-0.05, 0) is 65.8 Å². The van der Waals surface area contributed by atoms with Crippen LogP contribution < -0.4 is 5.32 Å². The molecule has 6 nitrogen and oxygen atoms in total. The molecule has 0 bridgehead atoms. The summed E-state index contributed by atoms with van der Waals surface area (Å²) in [7, 11) is 0. The number of hydrogen-bond acceptors (Lipinski definition) is 4. The molecule has 6 heteroatoms. The molecule has 0 spiro atoms. The average molecular weight is 368 g/mol. The Hall–Kier alpha value is -1.30. The summed E-state index contributed by atoms with van der Waals surface area (Å²) in [5, 5.41) is 3.13. The van der Waals surface area contributed by atoms with Crippen LogP contribution >= 0.6 is 0 Å². The third kappa shape index (κ3) is 6.45. The third-order valence-corrected chi connectivity index (χ3v) is 5.40. The van der Waals surface area contributed by atoms with Crippen LogP contribution in [0.1, 0.15) is 60.3 Å². The Morgan fingerprint density at radius 3 is 2.38 bits per heavy atom. The highest BCUT2D eigenvalue weighted by Crippen LogP contribution is 2.20. The second-order valence-corrected chi connectivity index (χ2v) is 9.08. The summed E-state index contributed by atoms with van der Waals surface area (Å²) in [6.07, 6.45) is 3.71. The number of ether oxygens (including phenoxy) is 1. The third-order valence-electron chi connectivity index (χ3n) is 5.40. The van der Waals surface area contributed by atoms with Gasteiger partial charge in [-0.2, -0.15) is 0 Å². The average Bonchev–Trinajstić information content (AvgIpc) is 2.58. The van der Waals surface area contributed by atoms with Crippen LogP contribution in [0.15, 0.2) is 0 Å². The van der Waals surface area contributed by atoms with E-state index in [9.17, 15) is 9.59 Å². The fourth-order valence-corrected chi connectivity index (χ4v) is 3.80. The summed E-state index contributed by atoms with van der Waals surface area (Å²) in [4.78, 5) is 28.8. The van der Waals surface area contributed by atoms with Gasteiger partial charge < -0.3 is 15.0 Å². The molecule has 2 rings (SSSR count). The quantitative estimate of drug-likeness (QED) is 0.830. The number of nitrogens with one attached hydrogen (secondary N) is 1. The Morgan fingerprint density at radius 2 is 1.81 bits per heavy atom. The van der Waals surface area contributed by atoms with Crippen molar-refractivity contribution in [2.45, 2.75) is 71.9 Å². The van der Waals surface area contributed by atoms with E-state index >= 15 is 0 Å². The Labute approximate surface area is 158 Å². The van der Waals surface area contributed by atoms with Crippen molar-refractivity contribution in [2.75, 3.05) is 32.7 Å². The Balaban J connectivity index is 1.70. The maximum atomic E-state index is 12.5. The summed E-state index contributed by atoms with van der Waals surface area (Å²) in [5.74, 6) is 0.881. The number of likely N-dealkylation sites (tertiary alicyclic amines) is 2. The summed E-state index contributed by atoms with van der Waals surface area (Å²) >= 11 is 0. The van der Waals surface area contributed by atoms with Crippen molar-refractivity contribution in [3.63, 3.8) is 0 Å². The predicted octanol–water partition coefficient (Wildman–Crippen LogP) is 2.87. The van der Waals surface area contributed by atoms with Crippen LogP contribution in [0.25, 0.3) is 0 Å². The largest absolute Gasteiger partial charge is 0.444 e. The van der Waals surface area contributed by atoms with Gasteiger partial charge in [-0.1, -0.05) is 6.92 Å². The summed E-state index contributed by atoms with van der Waals surface area (Å²) in [6.45, 7) is 14.3. The number of nitrogens with zero attached hydrogens (tertiary/aromatic N) is 2. The number of rotatable bonds is 4. The summed E-state index contributed by atoms with van der Waals surface area (Å²) in [6, 6.07) is 0.378. The van der Waals surface area contributed by atoms with Crippen LogP contribution in [0, 0.1) is 11.8 Å². The first-order chi connectivity index (χ1) is 12.2. The molecule has 2 saturated heterocycles. The highest BCUT2D eigenvalue weighted by Gasteiger charge is 2.30. The van der Waals surface area contributed by atoms with Gasteiger partial charge >= 0.3 is 6.09 Å². The van der Waals surface area contributed by atoms with Crippen molar-refractivity contribution < 1.29 is 14.3 Å². The normalized spacial score (nSPS) is 24.2. The van der Waals surface area contributed by atoms with Crippen LogP contribution in [-0.2, 0) is 9.53 Å². The molecule has 0 aromatic carbocycles. The van der Waals surface area contributed by atoms with Gasteiger partial charge in [0, 0.05) is 38.1 Å². The molecule has 0 aliphatic carbocycles. The van der Waals surface area contributed by atoms with E-state index in [0.717, 1.165) is 19.0 Å². The highest BCUT2D eigenvalue weighted by molar-refractivity contribution is 5.79. The van der Waals surface area contributed by atoms with E-state index in [1.54, 1.807) is 4.90 Å². The maximum absolute atomic E-state index is 12.5. The van der Waals surface area contributed by atoms with E-state index < -0.39 is 5.60 Å². The SMILES string of the molecule is CC1CCCN(C(C)CNC(=O)C2CCN(C(=O)OC(C)(C)C)CC2)C1. The topological polar surface area (TPSA) is 61.9 Å². The predicted molar refractivity (Wildman–Crippen MR) is 103 cm³/mol. The van der Waals surface area contributed by atoms with Gasteiger partial charge in [0.15, 0.2) is 0 Å². The molecule has 2 aliphatic heterocycles. The zero-order chi connectivity index (χ0) is 19.3. The van der Waals surface area contributed by atoms with E-state index in [4.69, 9.17) is 4.74 Å². The molecule has 2 fully saturated rings. The van der Waals surface area contributed by atoms with Crippen LogP contribution in [-0.4, -0.2) is 66.2 Å². The molecule has 0 aromatic heterocycles. The highest BCUT2D eigenvalue weighted by atomic mass is 16.6. The van der Waals surface area contributed by atoms with Gasteiger partial charge in [-0.15, -0.1) is 0 Å². The number of carbonyl (C=O) groups is 2. The smallest absolute Gasteiger partial charge is 0.410 e. The molecule has 2 aliphatic rings. The van der Waals surface area contributed by atoms with Gasteiger partial charge in [0.1, 0.15) is 5.60 Å². The van der Waals surface area contributed by atoms with E-state index in [1.807, 2.05) is 20.8 Å². The second-order valence-electron chi connectivity index (χ2n) is 9.08. The monoisotopic (exact) mass is 367 g/mol. The van der Waals surface area contributed by atoms with Gasteiger partial charge in [0.25, 0.3) is 0 Å². The molecular formula is C20H37N3O3. The molecule has 26 heavy (non-hydrogen) atoms. The molecule has 2 atom stereocenters. The van der Waals surface area contributed by atoms with Gasteiger partial charge in [-0.25, -0.2) is 4.79 Å². The molecule has 2 unspecified atom stereocenters. The van der Waals surface area contributed by atoms with Crippen molar-refractivity contribution in [1.82, 2.24) is 15.1 Å². The van der Waals surface area contributed by atoms with Crippen molar-refractivity contribution in [2.24, 2.45) is 11.8 Å². The molecule has 2 amide bonds. The second kappa shape index (κ2) is 9.07. The van der Waals surface area contributed by atoms with Crippen molar-refractivity contribution >= 4 is 12.0 Å². The lowest BCUT2D eigenvalue weighted by Gasteiger charge is -2.36. The Morgan fingerprint density at radius 1 is 1.15 bits per heavy atom. The van der Waals surface area contributed by atoms with Crippen LogP contribution in [0.3, 0.4) is 0 Å². The standard InChI is InChI=1S/C20H37N3O3/c1-15-7-6-10-23(14-15)16(2)13-21-18(24)17-8-11-22(12-9-17)19(25)26-20(3,4)5/h15-17H,6-14H2,1-5H3,(H,21,24). The summed E-state index contributed by atoms with van der Waals surface area (Å²) < 4.78 is 5.41. The van der Waals surface area contributed by atoms with Gasteiger partial charge in [-0.3, -0.25) is 9.69 Å². The minimum absolute atomic E-state index is 0.00108. The minimum atomic E-state index is -0.479. The summed E-state index contributed by atoms with van der Waals surface area (Å²) in [5.41, 5.74) is -0.479. The molecular weight excluding hydrogens is 330 g/mol. The fourth-order valence-electron chi connectivity index (χ4n) is 3.80. The molecule has 0 radical (unpaired) electrons. The van der Waals surface area contributed by atoms with Crippen LogP contribution in [0.2, 0.25) is 0 Å². The Bertz CT molecular complexity index is 481. The number of hydrogen-bond donors (Lipinski definition) is 1. The first kappa shape index (κ1) is 21.0. The number of piperidine rings is 2. The van der Waals surface area contributed by atoms with Crippen LogP contribution in [0.5, 0.6) is 0 Å². The lowest BCUT2D eigenvalue weighted by molar-refractivity contribution is -0.126. The zero-order valence-electron chi connectivity index (χ0n) is 17.2.